The first kappa shape index (κ1) is 34.5. The maximum atomic E-state index is 12.1. The molecule has 0 amide bonds. The molecule has 9 heteroatoms. The number of nitrogens with zero attached hydrogens (tertiary/aromatic N) is 1. The molecule has 0 fully saturated rings. The zero-order valence-electron chi connectivity index (χ0n) is 23.3. The van der Waals surface area contributed by atoms with Crippen LogP contribution in [0.3, 0.4) is 0 Å². The fourth-order valence-electron chi connectivity index (χ4n) is 3.40. The molecule has 0 aliphatic heterocycles. The van der Waals surface area contributed by atoms with Crippen LogP contribution in [0.1, 0.15) is 104 Å². The Balaban J connectivity index is 4.16. The molecule has 8 nitrogen and oxygen atoms in total. The molecule has 0 heterocycles. The van der Waals surface area contributed by atoms with Crippen molar-refractivity contribution in [3.05, 3.63) is 0 Å². The van der Waals surface area contributed by atoms with Crippen LogP contribution in [0.15, 0.2) is 0 Å². The van der Waals surface area contributed by atoms with Crippen LogP contribution in [0, 0.1) is 0 Å². The van der Waals surface area contributed by atoms with Gasteiger partial charge in [-0.3, -0.25) is 9.36 Å². The van der Waals surface area contributed by atoms with Crippen LogP contribution in [0.2, 0.25) is 0 Å². The summed E-state index contributed by atoms with van der Waals surface area (Å²) in [7, 11) is 1.35. The molecule has 0 aliphatic carbocycles. The first-order chi connectivity index (χ1) is 16.6. The quantitative estimate of drug-likeness (QED) is 0.0663. The molecule has 35 heavy (non-hydrogen) atoms. The van der Waals surface area contributed by atoms with Crippen molar-refractivity contribution in [2.24, 2.45) is 0 Å². The molecular weight excluding hydrogens is 469 g/mol. The number of phosphoric ester groups is 1. The van der Waals surface area contributed by atoms with Gasteiger partial charge in [0.2, 0.25) is 0 Å². The number of ether oxygens (including phenoxy) is 2. The Hall–Kier alpha value is -0.500. The predicted molar refractivity (Wildman–Crippen MR) is 139 cm³/mol. The Bertz CT molecular complexity index is 554. The maximum absolute atomic E-state index is 12.1. The van der Waals surface area contributed by atoms with E-state index in [4.69, 9.17) is 18.5 Å². The van der Waals surface area contributed by atoms with Gasteiger partial charge in [-0.1, -0.05) is 84.5 Å². The van der Waals surface area contributed by atoms with Crippen LogP contribution in [-0.2, 0) is 27.9 Å². The van der Waals surface area contributed by atoms with Crippen LogP contribution in [-0.4, -0.2) is 70.7 Å². The van der Waals surface area contributed by atoms with Crippen LogP contribution >= 0.6 is 7.82 Å². The zero-order chi connectivity index (χ0) is 26.4. The number of carbonyl (C=O) groups excluding carboxylic acids is 1. The zero-order valence-corrected chi connectivity index (χ0v) is 24.2. The molecule has 0 rings (SSSR count). The smallest absolute Gasteiger partial charge is 0.306 e. The average Bonchev–Trinajstić information content (AvgIpc) is 2.78. The van der Waals surface area contributed by atoms with E-state index < -0.39 is 13.9 Å². The summed E-state index contributed by atoms with van der Waals surface area (Å²) in [5, 5.41) is 0. The van der Waals surface area contributed by atoms with Crippen LogP contribution < -0.4 is 4.89 Å². The molecule has 0 bridgehead atoms. The van der Waals surface area contributed by atoms with E-state index >= 15 is 0 Å². The fourth-order valence-corrected chi connectivity index (χ4v) is 4.13. The molecule has 210 valence electrons. The molecule has 0 aliphatic rings. The van der Waals surface area contributed by atoms with Gasteiger partial charge in [0.25, 0.3) is 7.82 Å². The molecule has 0 aromatic heterocycles. The third-order valence-corrected chi connectivity index (χ3v) is 6.62. The van der Waals surface area contributed by atoms with Crippen LogP contribution in [0.5, 0.6) is 0 Å². The summed E-state index contributed by atoms with van der Waals surface area (Å²) in [6.45, 7) is 5.14. The van der Waals surface area contributed by atoms with Gasteiger partial charge in [-0.15, -0.1) is 0 Å². The first-order valence-electron chi connectivity index (χ1n) is 13.8. The minimum atomic E-state index is -4.48. The van der Waals surface area contributed by atoms with Gasteiger partial charge in [0.05, 0.1) is 34.4 Å². The summed E-state index contributed by atoms with van der Waals surface area (Å²) in [4.78, 5) is 24.1. The lowest BCUT2D eigenvalue weighted by Crippen LogP contribution is -2.37. The summed E-state index contributed by atoms with van der Waals surface area (Å²) >= 11 is 0. The summed E-state index contributed by atoms with van der Waals surface area (Å²) < 4.78 is 33.6. The van der Waals surface area contributed by atoms with E-state index in [9.17, 15) is 14.3 Å². The van der Waals surface area contributed by atoms with Crippen molar-refractivity contribution in [2.75, 3.05) is 54.1 Å². The van der Waals surface area contributed by atoms with E-state index in [1.54, 1.807) is 0 Å². The van der Waals surface area contributed by atoms with E-state index in [-0.39, 0.29) is 25.8 Å². The minimum absolute atomic E-state index is 0.0284. The van der Waals surface area contributed by atoms with Crippen molar-refractivity contribution in [1.82, 2.24) is 0 Å². The second-order valence-corrected chi connectivity index (χ2v) is 11.8. The number of hydrogen-bond donors (Lipinski definition) is 0. The van der Waals surface area contributed by atoms with Gasteiger partial charge in [-0.2, -0.15) is 0 Å². The standard InChI is InChI=1S/C26H54NO7P/c1-6-8-10-11-12-13-14-15-16-17-18-21-31-23-25(34-26(28)19-9-7-2)24-33-35(29,30)32-22-20-27(3,4)5/h25H,6-24H2,1-5H3. The number of carbonyl (C=O) groups is 1. The summed E-state index contributed by atoms with van der Waals surface area (Å²) in [5.74, 6) is -0.370. The van der Waals surface area contributed by atoms with Crippen molar-refractivity contribution in [3.63, 3.8) is 0 Å². The second kappa shape index (κ2) is 21.6. The lowest BCUT2D eigenvalue weighted by molar-refractivity contribution is -0.870. The monoisotopic (exact) mass is 523 g/mol. The Morgan fingerprint density at radius 3 is 1.86 bits per heavy atom. The van der Waals surface area contributed by atoms with Crippen molar-refractivity contribution in [1.29, 1.82) is 0 Å². The van der Waals surface area contributed by atoms with E-state index in [1.165, 1.54) is 57.8 Å². The predicted octanol–water partition coefficient (Wildman–Crippen LogP) is 5.62. The Morgan fingerprint density at radius 2 is 1.31 bits per heavy atom. The first-order valence-corrected chi connectivity index (χ1v) is 15.2. The largest absolute Gasteiger partial charge is 0.756 e. The summed E-state index contributed by atoms with van der Waals surface area (Å²) in [6.07, 6.45) is 14.9. The molecule has 0 saturated carbocycles. The van der Waals surface area contributed by atoms with E-state index in [0.29, 0.717) is 24.1 Å². The molecule has 0 spiro atoms. The minimum Gasteiger partial charge on any atom is -0.756 e. The Labute approximate surface area is 215 Å². The lowest BCUT2D eigenvalue weighted by Gasteiger charge is -2.28. The highest BCUT2D eigenvalue weighted by atomic mass is 31.2. The molecule has 0 aromatic rings. The van der Waals surface area contributed by atoms with Crippen molar-refractivity contribution < 1.29 is 37.3 Å². The molecular formula is C26H54NO7P. The normalized spacial score (nSPS) is 14.6. The lowest BCUT2D eigenvalue weighted by atomic mass is 10.1. The van der Waals surface area contributed by atoms with Crippen LogP contribution in [0.4, 0.5) is 0 Å². The SMILES string of the molecule is CCCCCCCCCCCCCOCC(COP(=O)([O-])OCC[N+](C)(C)C)OC(=O)CCCC. The van der Waals surface area contributed by atoms with E-state index in [0.717, 1.165) is 25.7 Å². The summed E-state index contributed by atoms with van der Waals surface area (Å²) in [6, 6.07) is 0. The maximum Gasteiger partial charge on any atom is 0.306 e. The van der Waals surface area contributed by atoms with Gasteiger partial charge in [0.1, 0.15) is 19.3 Å². The number of likely N-dealkylation sites (N-methyl/N-ethyl adjacent to an activating group) is 1. The topological polar surface area (TPSA) is 94.1 Å². The van der Waals surface area contributed by atoms with Crippen molar-refractivity contribution in [3.8, 4) is 0 Å². The highest BCUT2D eigenvalue weighted by molar-refractivity contribution is 7.45. The number of quaternary nitrogens is 1. The van der Waals surface area contributed by atoms with Crippen molar-refractivity contribution in [2.45, 2.75) is 110 Å². The van der Waals surface area contributed by atoms with Gasteiger partial charge < -0.3 is 27.9 Å². The highest BCUT2D eigenvalue weighted by Crippen LogP contribution is 2.38. The molecule has 0 N–H and O–H groups in total. The molecule has 0 aromatic carbocycles. The highest BCUT2D eigenvalue weighted by Gasteiger charge is 2.20. The number of rotatable bonds is 25. The van der Waals surface area contributed by atoms with Gasteiger partial charge in [0, 0.05) is 13.0 Å². The number of phosphoric acid groups is 1. The van der Waals surface area contributed by atoms with E-state index in [1.807, 2.05) is 28.1 Å². The Kier molecular flexibility index (Phi) is 21.3. The van der Waals surface area contributed by atoms with Gasteiger partial charge in [-0.05, 0) is 12.8 Å². The van der Waals surface area contributed by atoms with E-state index in [2.05, 4.69) is 6.92 Å². The van der Waals surface area contributed by atoms with Gasteiger partial charge in [-0.25, -0.2) is 0 Å². The number of hydrogen-bond acceptors (Lipinski definition) is 7. The molecule has 2 unspecified atom stereocenters. The molecule has 0 saturated heterocycles. The van der Waals surface area contributed by atoms with Gasteiger partial charge >= 0.3 is 5.97 Å². The van der Waals surface area contributed by atoms with Gasteiger partial charge in [0.15, 0.2) is 0 Å². The second-order valence-electron chi connectivity index (χ2n) is 10.4. The number of esters is 1. The third-order valence-electron chi connectivity index (χ3n) is 5.66. The fraction of sp³-hybridized carbons (Fsp3) is 0.962. The van der Waals surface area contributed by atoms with Crippen LogP contribution in [0.25, 0.3) is 0 Å². The molecule has 0 radical (unpaired) electrons. The van der Waals surface area contributed by atoms with Crippen molar-refractivity contribution >= 4 is 13.8 Å². The molecule has 2 atom stereocenters. The Morgan fingerprint density at radius 1 is 0.771 bits per heavy atom. The average molecular weight is 524 g/mol. The third kappa shape index (κ3) is 25.0. The number of unbranched alkanes of at least 4 members (excludes halogenated alkanes) is 11. The summed E-state index contributed by atoms with van der Waals surface area (Å²) in [5.41, 5.74) is 0.